The van der Waals surface area contributed by atoms with Crippen molar-refractivity contribution in [2.75, 3.05) is 11.9 Å². The molecule has 6 rings (SSSR count). The van der Waals surface area contributed by atoms with E-state index in [1.165, 1.54) is 25.2 Å². The average Bonchev–Trinajstić information content (AvgIpc) is 3.48. The monoisotopic (exact) mass is 546 g/mol. The van der Waals surface area contributed by atoms with Crippen molar-refractivity contribution < 1.29 is 33.1 Å². The minimum Gasteiger partial charge on any atom is -0.463 e. The SMILES string of the molecule is CN1C(=O)[C@H]2[C@H](CC=C3[C@H]2C[C@@]2(Cl)C(=O)N(c4ccc(F)cc4)C(=O)[C@@]2(Cl)[C@H]3c2ccc(CO)o2)C1=O. The highest BCUT2D eigenvalue weighted by molar-refractivity contribution is 6.58. The Morgan fingerprint density at radius 2 is 1.73 bits per heavy atom. The molecular formula is C26H21Cl2FN2O6. The second-order valence-corrected chi connectivity index (χ2v) is 11.2. The third-order valence-electron chi connectivity index (χ3n) is 8.24. The summed E-state index contributed by atoms with van der Waals surface area (Å²) in [6.07, 6.45) is 1.88. The Labute approximate surface area is 220 Å². The summed E-state index contributed by atoms with van der Waals surface area (Å²) in [5, 5.41) is 9.59. The minimum atomic E-state index is -2.06. The van der Waals surface area contributed by atoms with Crippen molar-refractivity contribution >= 4 is 52.5 Å². The summed E-state index contributed by atoms with van der Waals surface area (Å²) in [5.41, 5.74) is 0.687. The number of alkyl halides is 2. The van der Waals surface area contributed by atoms with E-state index in [1.807, 2.05) is 0 Å². The Morgan fingerprint density at radius 3 is 2.38 bits per heavy atom. The Bertz CT molecular complexity index is 1410. The first-order chi connectivity index (χ1) is 17.5. The van der Waals surface area contributed by atoms with Crippen LogP contribution in [0.4, 0.5) is 10.1 Å². The molecule has 11 heteroatoms. The fourth-order valence-electron chi connectivity index (χ4n) is 6.50. The molecule has 0 spiro atoms. The highest BCUT2D eigenvalue weighted by Gasteiger charge is 2.77. The van der Waals surface area contributed by atoms with E-state index in [-0.39, 0.29) is 41.9 Å². The summed E-state index contributed by atoms with van der Waals surface area (Å²) in [4.78, 5) is 51.8. The quantitative estimate of drug-likeness (QED) is 0.360. The molecule has 6 atom stereocenters. The first kappa shape index (κ1) is 24.3. The van der Waals surface area contributed by atoms with Crippen LogP contribution in [0, 0.1) is 23.6 Å². The maximum Gasteiger partial charge on any atom is 0.258 e. The standard InChI is InChI=1S/C26H21Cl2FN2O6/c1-30-21(33)16-8-7-15-17(19(16)22(30)34)10-25(27)23(35)31(13-4-2-12(29)3-5-13)24(36)26(25,28)20(15)18-9-6-14(11-32)37-18/h2-7,9,16-17,19-20,32H,8,10-11H2,1H3/t16-,17+,19-,20+,25+,26-/m0/s1. The topological polar surface area (TPSA) is 108 Å². The van der Waals surface area contributed by atoms with Gasteiger partial charge in [-0.3, -0.25) is 24.1 Å². The zero-order chi connectivity index (χ0) is 26.4. The molecule has 2 aromatic rings. The molecule has 0 bridgehead atoms. The number of fused-ring (bicyclic) bond motifs is 4. The molecule has 1 saturated carbocycles. The van der Waals surface area contributed by atoms with Crippen molar-refractivity contribution in [3.8, 4) is 0 Å². The van der Waals surface area contributed by atoms with E-state index < -0.39 is 57.7 Å². The molecule has 0 radical (unpaired) electrons. The molecule has 1 aromatic heterocycles. The maximum atomic E-state index is 14.0. The van der Waals surface area contributed by atoms with E-state index in [9.17, 15) is 28.7 Å². The molecule has 2 aliphatic carbocycles. The van der Waals surface area contributed by atoms with Gasteiger partial charge in [0, 0.05) is 7.05 Å². The first-order valence-electron chi connectivity index (χ1n) is 11.8. The predicted octanol–water partition coefficient (Wildman–Crippen LogP) is 3.10. The van der Waals surface area contributed by atoms with Crippen LogP contribution in [0.25, 0.3) is 0 Å². The number of hydrogen-bond acceptors (Lipinski definition) is 6. The zero-order valence-electron chi connectivity index (χ0n) is 19.5. The number of imide groups is 2. The molecule has 1 N–H and O–H groups in total. The van der Waals surface area contributed by atoms with Gasteiger partial charge in [-0.25, -0.2) is 9.29 Å². The number of carbonyl (C=O) groups is 4. The number of amides is 4. The summed E-state index contributed by atoms with van der Waals surface area (Å²) in [6.45, 7) is -0.409. The van der Waals surface area contributed by atoms with Gasteiger partial charge in [0.05, 0.1) is 23.4 Å². The number of aliphatic hydroxyl groups is 1. The average molecular weight is 547 g/mol. The van der Waals surface area contributed by atoms with Crippen molar-refractivity contribution in [2.45, 2.75) is 35.1 Å². The predicted molar refractivity (Wildman–Crippen MR) is 129 cm³/mol. The van der Waals surface area contributed by atoms with Crippen LogP contribution in [0.1, 0.15) is 30.3 Å². The number of anilines is 1. The Morgan fingerprint density at radius 1 is 1.03 bits per heavy atom. The van der Waals surface area contributed by atoms with Crippen LogP contribution in [-0.2, 0) is 25.8 Å². The third kappa shape index (κ3) is 2.99. The highest BCUT2D eigenvalue weighted by atomic mass is 35.5. The van der Waals surface area contributed by atoms with Crippen LogP contribution in [-0.4, -0.2) is 50.4 Å². The van der Waals surface area contributed by atoms with Gasteiger partial charge in [0.1, 0.15) is 23.9 Å². The molecule has 2 saturated heterocycles. The zero-order valence-corrected chi connectivity index (χ0v) is 21.0. The second kappa shape index (κ2) is 7.99. The Kier molecular flexibility index (Phi) is 5.26. The van der Waals surface area contributed by atoms with Gasteiger partial charge in [-0.1, -0.05) is 11.6 Å². The molecule has 4 amide bonds. The molecular weight excluding hydrogens is 526 g/mol. The van der Waals surface area contributed by atoms with Crippen molar-refractivity contribution in [2.24, 2.45) is 17.8 Å². The summed E-state index contributed by atoms with van der Waals surface area (Å²) < 4.78 is 19.4. The minimum absolute atomic E-state index is 0.0989. The van der Waals surface area contributed by atoms with Gasteiger partial charge >= 0.3 is 0 Å². The number of benzene rings is 1. The molecule has 1 aromatic carbocycles. The van der Waals surface area contributed by atoms with Crippen LogP contribution in [0.3, 0.4) is 0 Å². The number of halogens is 3. The fourth-order valence-corrected chi connectivity index (χ4v) is 7.42. The summed E-state index contributed by atoms with van der Waals surface area (Å²) in [7, 11) is 1.42. The Balaban J connectivity index is 1.56. The lowest BCUT2D eigenvalue weighted by Crippen LogP contribution is -2.60. The van der Waals surface area contributed by atoms with Crippen LogP contribution in [0.15, 0.2) is 52.5 Å². The number of furan rings is 1. The molecule has 2 aliphatic heterocycles. The van der Waals surface area contributed by atoms with E-state index in [1.54, 1.807) is 12.1 Å². The van der Waals surface area contributed by atoms with Crippen LogP contribution < -0.4 is 4.90 Å². The van der Waals surface area contributed by atoms with E-state index >= 15 is 0 Å². The van der Waals surface area contributed by atoms with E-state index in [2.05, 4.69) is 0 Å². The van der Waals surface area contributed by atoms with Crippen LogP contribution >= 0.6 is 23.2 Å². The highest BCUT2D eigenvalue weighted by Crippen LogP contribution is 2.65. The lowest BCUT2D eigenvalue weighted by molar-refractivity contribution is -0.138. The maximum absolute atomic E-state index is 14.0. The number of likely N-dealkylation sites (tertiary alicyclic amines) is 1. The molecule has 192 valence electrons. The van der Waals surface area contributed by atoms with Crippen molar-refractivity contribution in [1.82, 2.24) is 4.90 Å². The smallest absolute Gasteiger partial charge is 0.258 e. The normalized spacial score (nSPS) is 35.0. The molecule has 3 heterocycles. The molecule has 3 fully saturated rings. The van der Waals surface area contributed by atoms with E-state index in [4.69, 9.17) is 27.6 Å². The number of aliphatic hydroxyl groups excluding tert-OH is 1. The number of carbonyl (C=O) groups excluding carboxylic acids is 4. The van der Waals surface area contributed by atoms with Crippen molar-refractivity contribution in [1.29, 1.82) is 0 Å². The van der Waals surface area contributed by atoms with Gasteiger partial charge in [0.2, 0.25) is 11.8 Å². The largest absolute Gasteiger partial charge is 0.463 e. The molecule has 0 unspecified atom stereocenters. The first-order valence-corrected chi connectivity index (χ1v) is 12.5. The van der Waals surface area contributed by atoms with Crippen LogP contribution in [0.2, 0.25) is 0 Å². The van der Waals surface area contributed by atoms with Gasteiger partial charge in [-0.05, 0) is 55.2 Å². The summed E-state index contributed by atoms with van der Waals surface area (Å²) >= 11 is 14.3. The lowest BCUT2D eigenvalue weighted by Gasteiger charge is -2.49. The van der Waals surface area contributed by atoms with Crippen molar-refractivity contribution in [3.05, 3.63) is 65.4 Å². The fraction of sp³-hybridized carbons (Fsp3) is 0.385. The van der Waals surface area contributed by atoms with Gasteiger partial charge in [-0.2, -0.15) is 0 Å². The number of allylic oxidation sites excluding steroid dienone is 2. The second-order valence-electron chi connectivity index (χ2n) is 9.95. The molecule has 37 heavy (non-hydrogen) atoms. The lowest BCUT2D eigenvalue weighted by atomic mass is 9.57. The number of nitrogens with zero attached hydrogens (tertiary/aromatic N) is 2. The van der Waals surface area contributed by atoms with Gasteiger partial charge in [-0.15, -0.1) is 23.2 Å². The summed E-state index contributed by atoms with van der Waals surface area (Å²) in [6, 6.07) is 7.87. The van der Waals surface area contributed by atoms with Crippen LogP contribution in [0.5, 0.6) is 0 Å². The van der Waals surface area contributed by atoms with Crippen molar-refractivity contribution in [3.63, 3.8) is 0 Å². The van der Waals surface area contributed by atoms with Gasteiger partial charge < -0.3 is 9.52 Å². The third-order valence-corrected chi connectivity index (χ3v) is 9.65. The van der Waals surface area contributed by atoms with Gasteiger partial charge in [0.15, 0.2) is 9.75 Å². The number of hydrogen-bond donors (Lipinski definition) is 1. The summed E-state index contributed by atoms with van der Waals surface area (Å²) in [5.74, 6) is -5.55. The number of rotatable bonds is 3. The molecule has 4 aliphatic rings. The van der Waals surface area contributed by atoms with E-state index in [0.717, 1.165) is 21.9 Å². The van der Waals surface area contributed by atoms with E-state index in [0.29, 0.717) is 5.57 Å². The Hall–Kier alpha value is -3.01. The van der Waals surface area contributed by atoms with Gasteiger partial charge in [0.25, 0.3) is 11.8 Å². The molecule has 8 nitrogen and oxygen atoms in total.